The average Bonchev–Trinajstić information content (AvgIpc) is 2.25. The third-order valence-electron chi connectivity index (χ3n) is 2.89. The van der Waals surface area contributed by atoms with Crippen molar-refractivity contribution in [1.29, 1.82) is 0 Å². The van der Waals surface area contributed by atoms with Crippen LogP contribution in [0.4, 0.5) is 0 Å². The van der Waals surface area contributed by atoms with E-state index in [1.54, 1.807) is 0 Å². The Bertz CT molecular complexity index is 329. The lowest BCUT2D eigenvalue weighted by atomic mass is 10.2. The molecule has 82 valence electrons. The van der Waals surface area contributed by atoms with E-state index in [9.17, 15) is 0 Å². The largest absolute Gasteiger partial charge is 0.316 e. The number of hydrogen-bond acceptors (Lipinski definition) is 2. The SMILES string of the molecule is Cc1ccc(C)c(SC2CCCNC2)c1. The molecule has 1 aromatic carbocycles. The molecule has 0 aliphatic carbocycles. The first-order valence-corrected chi connectivity index (χ1v) is 6.58. The molecule has 0 bridgehead atoms. The maximum atomic E-state index is 3.47. The van der Waals surface area contributed by atoms with E-state index in [1.807, 2.05) is 11.8 Å². The molecular formula is C13H19NS. The van der Waals surface area contributed by atoms with Crippen LogP contribution in [0.15, 0.2) is 23.1 Å². The van der Waals surface area contributed by atoms with Gasteiger partial charge in [0.15, 0.2) is 0 Å². The van der Waals surface area contributed by atoms with E-state index in [1.165, 1.54) is 35.4 Å². The summed E-state index contributed by atoms with van der Waals surface area (Å²) in [5, 5.41) is 4.23. The molecule has 0 saturated carbocycles. The van der Waals surface area contributed by atoms with E-state index in [0.29, 0.717) is 0 Å². The molecule has 0 aromatic heterocycles. The molecule has 1 N–H and O–H groups in total. The molecule has 1 saturated heterocycles. The molecule has 1 aliphatic heterocycles. The van der Waals surface area contributed by atoms with Gasteiger partial charge in [-0.2, -0.15) is 0 Å². The Hall–Kier alpha value is -0.470. The summed E-state index contributed by atoms with van der Waals surface area (Å²) in [6.07, 6.45) is 2.67. The van der Waals surface area contributed by atoms with E-state index in [-0.39, 0.29) is 0 Å². The highest BCUT2D eigenvalue weighted by Gasteiger charge is 2.14. The predicted octanol–water partition coefficient (Wildman–Crippen LogP) is 3.15. The third kappa shape index (κ3) is 2.99. The van der Waals surface area contributed by atoms with Gasteiger partial charge in [-0.15, -0.1) is 11.8 Å². The smallest absolute Gasteiger partial charge is 0.0220 e. The standard InChI is InChI=1S/C13H19NS/c1-10-5-6-11(2)13(8-10)15-12-4-3-7-14-9-12/h5-6,8,12,14H,3-4,7,9H2,1-2H3. The number of benzene rings is 1. The van der Waals surface area contributed by atoms with Gasteiger partial charge in [0.1, 0.15) is 0 Å². The van der Waals surface area contributed by atoms with E-state index in [2.05, 4.69) is 37.4 Å². The summed E-state index contributed by atoms with van der Waals surface area (Å²) in [5.41, 5.74) is 2.78. The normalized spacial score (nSPS) is 21.6. The number of piperidine rings is 1. The van der Waals surface area contributed by atoms with E-state index in [0.717, 1.165) is 11.8 Å². The number of rotatable bonds is 2. The molecule has 0 amide bonds. The lowest BCUT2D eigenvalue weighted by Gasteiger charge is -2.23. The number of hydrogen-bond donors (Lipinski definition) is 1. The fourth-order valence-electron chi connectivity index (χ4n) is 1.93. The maximum Gasteiger partial charge on any atom is 0.0220 e. The van der Waals surface area contributed by atoms with Gasteiger partial charge < -0.3 is 5.32 Å². The van der Waals surface area contributed by atoms with E-state index >= 15 is 0 Å². The molecular weight excluding hydrogens is 202 g/mol. The summed E-state index contributed by atoms with van der Waals surface area (Å²) in [6, 6.07) is 6.74. The maximum absolute atomic E-state index is 3.47. The van der Waals surface area contributed by atoms with Crippen LogP contribution in [0.2, 0.25) is 0 Å². The topological polar surface area (TPSA) is 12.0 Å². The van der Waals surface area contributed by atoms with E-state index < -0.39 is 0 Å². The van der Waals surface area contributed by atoms with Crippen molar-refractivity contribution in [2.45, 2.75) is 36.8 Å². The van der Waals surface area contributed by atoms with Gasteiger partial charge >= 0.3 is 0 Å². The molecule has 0 spiro atoms. The van der Waals surface area contributed by atoms with Crippen molar-refractivity contribution in [1.82, 2.24) is 5.32 Å². The lowest BCUT2D eigenvalue weighted by molar-refractivity contribution is 0.531. The monoisotopic (exact) mass is 221 g/mol. The van der Waals surface area contributed by atoms with Crippen LogP contribution in [0.3, 0.4) is 0 Å². The Kier molecular flexibility index (Phi) is 3.71. The summed E-state index contributed by atoms with van der Waals surface area (Å²) >= 11 is 2.04. The van der Waals surface area contributed by atoms with Crippen LogP contribution in [0, 0.1) is 13.8 Å². The van der Waals surface area contributed by atoms with Crippen molar-refractivity contribution in [2.24, 2.45) is 0 Å². The quantitative estimate of drug-likeness (QED) is 0.823. The fraction of sp³-hybridized carbons (Fsp3) is 0.538. The Morgan fingerprint density at radius 2 is 2.20 bits per heavy atom. The van der Waals surface area contributed by atoms with Crippen molar-refractivity contribution in [2.75, 3.05) is 13.1 Å². The zero-order chi connectivity index (χ0) is 10.7. The molecule has 1 nitrogen and oxygen atoms in total. The Balaban J connectivity index is 2.05. The molecule has 2 heteroatoms. The van der Waals surface area contributed by atoms with Crippen molar-refractivity contribution >= 4 is 11.8 Å². The lowest BCUT2D eigenvalue weighted by Crippen LogP contribution is -2.31. The molecule has 1 atom stereocenters. The van der Waals surface area contributed by atoms with Crippen LogP contribution in [0.5, 0.6) is 0 Å². The first-order chi connectivity index (χ1) is 7.25. The Labute approximate surface area is 96.7 Å². The minimum atomic E-state index is 0.763. The van der Waals surface area contributed by atoms with Crippen molar-refractivity contribution < 1.29 is 0 Å². The summed E-state index contributed by atoms with van der Waals surface area (Å²) < 4.78 is 0. The van der Waals surface area contributed by atoms with Crippen LogP contribution < -0.4 is 5.32 Å². The Morgan fingerprint density at radius 1 is 1.33 bits per heavy atom. The first-order valence-electron chi connectivity index (χ1n) is 5.70. The highest BCUT2D eigenvalue weighted by Crippen LogP contribution is 2.30. The van der Waals surface area contributed by atoms with Gasteiger partial charge in [0.05, 0.1) is 0 Å². The zero-order valence-corrected chi connectivity index (χ0v) is 10.4. The minimum Gasteiger partial charge on any atom is -0.316 e. The average molecular weight is 221 g/mol. The Morgan fingerprint density at radius 3 is 2.93 bits per heavy atom. The van der Waals surface area contributed by atoms with Crippen molar-refractivity contribution in [3.8, 4) is 0 Å². The molecule has 1 heterocycles. The summed E-state index contributed by atoms with van der Waals surface area (Å²) in [6.45, 7) is 6.74. The van der Waals surface area contributed by atoms with Crippen molar-refractivity contribution in [3.63, 3.8) is 0 Å². The minimum absolute atomic E-state index is 0.763. The van der Waals surface area contributed by atoms with Crippen LogP contribution >= 0.6 is 11.8 Å². The first kappa shape index (κ1) is 11.0. The molecule has 1 fully saturated rings. The summed E-state index contributed by atoms with van der Waals surface area (Å²) in [4.78, 5) is 1.46. The summed E-state index contributed by atoms with van der Waals surface area (Å²) in [5.74, 6) is 0. The highest BCUT2D eigenvalue weighted by atomic mass is 32.2. The van der Waals surface area contributed by atoms with Gasteiger partial charge in [-0.05, 0) is 44.9 Å². The number of nitrogens with one attached hydrogen (secondary N) is 1. The molecule has 0 radical (unpaired) electrons. The van der Waals surface area contributed by atoms with Crippen LogP contribution in [0.25, 0.3) is 0 Å². The van der Waals surface area contributed by atoms with Gasteiger partial charge in [0.25, 0.3) is 0 Å². The van der Waals surface area contributed by atoms with Crippen LogP contribution in [-0.2, 0) is 0 Å². The number of aryl methyl sites for hydroxylation is 2. The van der Waals surface area contributed by atoms with Crippen LogP contribution in [-0.4, -0.2) is 18.3 Å². The second-order valence-corrected chi connectivity index (χ2v) is 5.70. The van der Waals surface area contributed by atoms with Crippen molar-refractivity contribution in [3.05, 3.63) is 29.3 Å². The van der Waals surface area contributed by atoms with Gasteiger partial charge in [-0.25, -0.2) is 0 Å². The molecule has 2 rings (SSSR count). The van der Waals surface area contributed by atoms with Crippen LogP contribution in [0.1, 0.15) is 24.0 Å². The molecule has 1 aromatic rings. The second-order valence-electron chi connectivity index (χ2n) is 4.36. The second kappa shape index (κ2) is 5.04. The third-order valence-corrected chi connectivity index (χ3v) is 4.32. The van der Waals surface area contributed by atoms with Gasteiger partial charge in [0.2, 0.25) is 0 Å². The summed E-state index contributed by atoms with van der Waals surface area (Å²) in [7, 11) is 0. The highest BCUT2D eigenvalue weighted by molar-refractivity contribution is 8.00. The predicted molar refractivity (Wildman–Crippen MR) is 67.7 cm³/mol. The molecule has 1 unspecified atom stereocenters. The zero-order valence-electron chi connectivity index (χ0n) is 9.55. The molecule has 15 heavy (non-hydrogen) atoms. The van der Waals surface area contributed by atoms with E-state index in [4.69, 9.17) is 0 Å². The van der Waals surface area contributed by atoms with Gasteiger partial charge in [-0.3, -0.25) is 0 Å². The van der Waals surface area contributed by atoms with Gasteiger partial charge in [-0.1, -0.05) is 17.7 Å². The van der Waals surface area contributed by atoms with Gasteiger partial charge in [0, 0.05) is 16.7 Å². The fourth-order valence-corrected chi connectivity index (χ4v) is 3.29. The number of thioether (sulfide) groups is 1. The molecule has 1 aliphatic rings.